The van der Waals surface area contributed by atoms with Crippen LogP contribution in [-0.4, -0.2) is 18.5 Å². The van der Waals surface area contributed by atoms with Gasteiger partial charge in [-0.3, -0.25) is 4.79 Å². The molecule has 0 heterocycles. The molecule has 4 N–H and O–H groups in total. The summed E-state index contributed by atoms with van der Waals surface area (Å²) in [6.45, 7) is 3.52. The summed E-state index contributed by atoms with van der Waals surface area (Å²) in [5.41, 5.74) is 7.56. The van der Waals surface area contributed by atoms with Gasteiger partial charge in [-0.1, -0.05) is 31.4 Å². The lowest BCUT2D eigenvalue weighted by molar-refractivity contribution is -0.119. The van der Waals surface area contributed by atoms with E-state index in [1.54, 1.807) is 6.92 Å². The Bertz CT molecular complexity index is 438. The summed E-state index contributed by atoms with van der Waals surface area (Å²) in [6, 6.07) is 8.09. The van der Waals surface area contributed by atoms with Crippen LogP contribution in [0.25, 0.3) is 0 Å². The third kappa shape index (κ3) is 5.38. The maximum atomic E-state index is 11.0. The fourth-order valence-corrected chi connectivity index (χ4v) is 2.77. The molecule has 1 unspecified atom stereocenters. The Labute approximate surface area is 127 Å². The first-order chi connectivity index (χ1) is 10.1. The largest absolute Gasteiger partial charge is 0.385 e. The van der Waals surface area contributed by atoms with Crippen molar-refractivity contribution in [2.45, 2.75) is 51.6 Å². The highest BCUT2D eigenvalue weighted by Crippen LogP contribution is 2.24. The zero-order chi connectivity index (χ0) is 15.1. The van der Waals surface area contributed by atoms with Crippen molar-refractivity contribution in [2.75, 3.05) is 11.9 Å². The molecule has 0 saturated heterocycles. The minimum Gasteiger partial charge on any atom is -0.385 e. The second-order valence-corrected chi connectivity index (χ2v) is 6.09. The van der Waals surface area contributed by atoms with Crippen LogP contribution >= 0.6 is 0 Å². The van der Waals surface area contributed by atoms with Gasteiger partial charge in [-0.05, 0) is 43.4 Å². The molecule has 21 heavy (non-hydrogen) atoms. The normalized spacial score (nSPS) is 17.4. The summed E-state index contributed by atoms with van der Waals surface area (Å²) in [6.07, 6.45) is 6.89. The fraction of sp³-hybridized carbons (Fsp3) is 0.588. The van der Waals surface area contributed by atoms with Gasteiger partial charge in [0.2, 0.25) is 5.91 Å². The number of nitrogens with one attached hydrogen (secondary N) is 2. The number of nitrogens with two attached hydrogens (primary N) is 1. The first kappa shape index (κ1) is 15.8. The van der Waals surface area contributed by atoms with E-state index in [1.165, 1.54) is 37.8 Å². The lowest BCUT2D eigenvalue weighted by atomic mass is 9.89. The van der Waals surface area contributed by atoms with Crippen LogP contribution in [0, 0.1) is 5.92 Å². The van der Waals surface area contributed by atoms with Crippen molar-refractivity contribution in [3.8, 4) is 0 Å². The van der Waals surface area contributed by atoms with Gasteiger partial charge in [0, 0.05) is 18.8 Å². The van der Waals surface area contributed by atoms with E-state index in [1.807, 2.05) is 0 Å². The average molecular weight is 289 g/mol. The van der Waals surface area contributed by atoms with Gasteiger partial charge in [-0.25, -0.2) is 0 Å². The number of rotatable bonds is 7. The lowest BCUT2D eigenvalue weighted by Gasteiger charge is -2.22. The molecule has 1 fully saturated rings. The molecule has 2 rings (SSSR count). The van der Waals surface area contributed by atoms with Crippen molar-refractivity contribution < 1.29 is 4.79 Å². The summed E-state index contributed by atoms with van der Waals surface area (Å²) in [7, 11) is 0. The Hall–Kier alpha value is -1.55. The van der Waals surface area contributed by atoms with Crippen molar-refractivity contribution in [1.29, 1.82) is 0 Å². The van der Waals surface area contributed by atoms with Crippen LogP contribution in [0.1, 0.15) is 44.6 Å². The molecule has 4 nitrogen and oxygen atoms in total. The van der Waals surface area contributed by atoms with E-state index in [4.69, 9.17) is 5.73 Å². The number of hydrogen-bond donors (Lipinski definition) is 3. The van der Waals surface area contributed by atoms with E-state index < -0.39 is 0 Å². The van der Waals surface area contributed by atoms with Gasteiger partial charge in [0.25, 0.3) is 0 Å². The summed E-state index contributed by atoms with van der Waals surface area (Å²) in [4.78, 5) is 11.0. The minimum absolute atomic E-state index is 0.297. The molecule has 1 amide bonds. The van der Waals surface area contributed by atoms with Gasteiger partial charge >= 0.3 is 0 Å². The van der Waals surface area contributed by atoms with E-state index in [0.717, 1.165) is 18.0 Å². The Morgan fingerprint density at radius 1 is 1.24 bits per heavy atom. The highest BCUT2D eigenvalue weighted by atomic mass is 16.1. The number of primary amides is 1. The SMILES string of the molecule is CC(NCc1ccc(NCC2CCCCC2)cc1)C(N)=O. The zero-order valence-electron chi connectivity index (χ0n) is 12.9. The van der Waals surface area contributed by atoms with Gasteiger partial charge in [0.05, 0.1) is 6.04 Å². The van der Waals surface area contributed by atoms with Crippen LogP contribution in [0.15, 0.2) is 24.3 Å². The smallest absolute Gasteiger partial charge is 0.234 e. The van der Waals surface area contributed by atoms with Crippen molar-refractivity contribution in [2.24, 2.45) is 11.7 Å². The quantitative estimate of drug-likeness (QED) is 0.723. The Balaban J connectivity index is 1.74. The van der Waals surface area contributed by atoms with E-state index in [9.17, 15) is 4.79 Å². The van der Waals surface area contributed by atoms with Crippen molar-refractivity contribution in [3.63, 3.8) is 0 Å². The molecule has 1 aromatic rings. The fourth-order valence-electron chi connectivity index (χ4n) is 2.77. The van der Waals surface area contributed by atoms with Crippen molar-refractivity contribution in [3.05, 3.63) is 29.8 Å². The van der Waals surface area contributed by atoms with Crippen LogP contribution in [0.2, 0.25) is 0 Å². The maximum absolute atomic E-state index is 11.0. The van der Waals surface area contributed by atoms with E-state index in [2.05, 4.69) is 34.9 Å². The van der Waals surface area contributed by atoms with Gasteiger partial charge < -0.3 is 16.4 Å². The van der Waals surface area contributed by atoms with E-state index >= 15 is 0 Å². The van der Waals surface area contributed by atoms with E-state index in [0.29, 0.717) is 6.54 Å². The summed E-state index contributed by atoms with van der Waals surface area (Å²) in [5.74, 6) is 0.511. The number of carbonyl (C=O) groups is 1. The third-order valence-corrected chi connectivity index (χ3v) is 4.31. The van der Waals surface area contributed by atoms with E-state index in [-0.39, 0.29) is 11.9 Å². The molecule has 0 bridgehead atoms. The molecule has 0 aromatic heterocycles. The lowest BCUT2D eigenvalue weighted by Crippen LogP contribution is -2.38. The molecule has 1 saturated carbocycles. The number of amides is 1. The Morgan fingerprint density at radius 3 is 2.52 bits per heavy atom. The second-order valence-electron chi connectivity index (χ2n) is 6.09. The van der Waals surface area contributed by atoms with Gasteiger partial charge in [0.15, 0.2) is 0 Å². The van der Waals surface area contributed by atoms with Gasteiger partial charge in [0.1, 0.15) is 0 Å². The van der Waals surface area contributed by atoms with Gasteiger partial charge in [-0.15, -0.1) is 0 Å². The van der Waals surface area contributed by atoms with Gasteiger partial charge in [-0.2, -0.15) is 0 Å². The maximum Gasteiger partial charge on any atom is 0.234 e. The number of carbonyl (C=O) groups excluding carboxylic acids is 1. The average Bonchev–Trinajstić information content (AvgIpc) is 2.52. The molecule has 0 radical (unpaired) electrons. The highest BCUT2D eigenvalue weighted by molar-refractivity contribution is 5.79. The van der Waals surface area contributed by atoms with Crippen LogP contribution in [0.3, 0.4) is 0 Å². The topological polar surface area (TPSA) is 67.2 Å². The molecular weight excluding hydrogens is 262 g/mol. The molecule has 1 aliphatic carbocycles. The first-order valence-corrected chi connectivity index (χ1v) is 8.00. The predicted octanol–water partition coefficient (Wildman–Crippen LogP) is 2.64. The summed E-state index contributed by atoms with van der Waals surface area (Å²) < 4.78 is 0. The predicted molar refractivity (Wildman–Crippen MR) is 87.0 cm³/mol. The van der Waals surface area contributed by atoms with Crippen molar-refractivity contribution >= 4 is 11.6 Å². The Kier molecular flexibility index (Phi) is 6.05. The van der Waals surface area contributed by atoms with Crippen LogP contribution in [-0.2, 0) is 11.3 Å². The molecule has 1 aromatic carbocycles. The first-order valence-electron chi connectivity index (χ1n) is 8.00. The molecule has 0 spiro atoms. The summed E-state index contributed by atoms with van der Waals surface area (Å²) >= 11 is 0. The molecule has 116 valence electrons. The number of hydrogen-bond acceptors (Lipinski definition) is 3. The number of anilines is 1. The number of benzene rings is 1. The molecule has 1 atom stereocenters. The standard InChI is InChI=1S/C17H27N3O/c1-13(17(18)21)19-11-15-7-9-16(10-8-15)20-12-14-5-3-2-4-6-14/h7-10,13-14,19-20H,2-6,11-12H2,1H3,(H2,18,21). The van der Waals surface area contributed by atoms with Crippen LogP contribution < -0.4 is 16.4 Å². The minimum atomic E-state index is -0.319. The van der Waals surface area contributed by atoms with Crippen LogP contribution in [0.5, 0.6) is 0 Å². The Morgan fingerprint density at radius 2 is 1.90 bits per heavy atom. The monoisotopic (exact) mass is 289 g/mol. The third-order valence-electron chi connectivity index (χ3n) is 4.31. The second kappa shape index (κ2) is 8.03. The molecular formula is C17H27N3O. The molecule has 0 aliphatic heterocycles. The highest BCUT2D eigenvalue weighted by Gasteiger charge is 2.12. The summed E-state index contributed by atoms with van der Waals surface area (Å²) in [5, 5.41) is 6.64. The zero-order valence-corrected chi connectivity index (χ0v) is 12.9. The molecule has 4 heteroatoms. The van der Waals surface area contributed by atoms with Crippen molar-refractivity contribution in [1.82, 2.24) is 5.32 Å². The van der Waals surface area contributed by atoms with Crippen LogP contribution in [0.4, 0.5) is 5.69 Å². The molecule has 1 aliphatic rings.